The summed E-state index contributed by atoms with van der Waals surface area (Å²) in [4.78, 5) is 46.1. The molecule has 2 atom stereocenters. The number of hydrogen-bond donors (Lipinski definition) is 0. The Morgan fingerprint density at radius 3 is 2.35 bits per heavy atom. The van der Waals surface area contributed by atoms with Crippen LogP contribution in [0.4, 0.5) is 0 Å². The number of hydroxylamine groups is 2. The van der Waals surface area contributed by atoms with Gasteiger partial charge < -0.3 is 4.74 Å². The average molecular weight is 479 g/mol. The van der Waals surface area contributed by atoms with Gasteiger partial charge >= 0.3 is 5.97 Å². The summed E-state index contributed by atoms with van der Waals surface area (Å²) in [7, 11) is 1.38. The van der Waals surface area contributed by atoms with Gasteiger partial charge in [0.1, 0.15) is 17.7 Å². The van der Waals surface area contributed by atoms with Crippen molar-refractivity contribution in [2.75, 3.05) is 12.9 Å². The minimum Gasteiger partial charge on any atom is -0.456 e. The van der Waals surface area contributed by atoms with E-state index >= 15 is 0 Å². The largest absolute Gasteiger partial charge is 0.456 e. The van der Waals surface area contributed by atoms with Gasteiger partial charge in [0.15, 0.2) is 6.04 Å². The van der Waals surface area contributed by atoms with Crippen molar-refractivity contribution in [2.45, 2.75) is 31.4 Å². The second-order valence-electron chi connectivity index (χ2n) is 7.85. The molecule has 0 bridgehead atoms. The Kier molecular flexibility index (Phi) is 7.49. The zero-order valence-electron chi connectivity index (χ0n) is 19.0. The lowest BCUT2D eigenvalue weighted by molar-refractivity contribution is -0.208. The Balaban J connectivity index is 1.52. The normalized spacial score (nSPS) is 19.6. The van der Waals surface area contributed by atoms with Crippen LogP contribution in [-0.2, 0) is 37.0 Å². The van der Waals surface area contributed by atoms with Crippen LogP contribution in [0.25, 0.3) is 0 Å². The maximum Gasteiger partial charge on any atom is 0.355 e. The van der Waals surface area contributed by atoms with Gasteiger partial charge in [0.05, 0.1) is 13.5 Å². The molecule has 1 unspecified atom stereocenters. The number of carbonyl (C=O) groups is 3. The van der Waals surface area contributed by atoms with E-state index in [0.29, 0.717) is 11.3 Å². The minimum absolute atomic E-state index is 0.106. The van der Waals surface area contributed by atoms with E-state index in [0.717, 1.165) is 16.2 Å². The molecule has 0 saturated carbocycles. The van der Waals surface area contributed by atoms with Crippen LogP contribution in [0.3, 0.4) is 0 Å². The average Bonchev–Trinajstić information content (AvgIpc) is 2.86. The van der Waals surface area contributed by atoms with Crippen LogP contribution >= 0.6 is 11.8 Å². The highest BCUT2D eigenvalue weighted by atomic mass is 32.2. The minimum atomic E-state index is -0.810. The SMILES string of the molecule is CC=CC1=C(C(=O)OCc2ccccc2)N2C(=O)C(N(OC)C(=O)Cc3ccccc3)[C@@H]2SC1. The highest BCUT2D eigenvalue weighted by Crippen LogP contribution is 2.43. The van der Waals surface area contributed by atoms with E-state index in [2.05, 4.69) is 0 Å². The third-order valence-corrected chi connectivity index (χ3v) is 6.92. The molecule has 2 heterocycles. The highest BCUT2D eigenvalue weighted by molar-refractivity contribution is 8.00. The number of benzene rings is 2. The van der Waals surface area contributed by atoms with Crippen LogP contribution in [-0.4, -0.2) is 52.0 Å². The van der Waals surface area contributed by atoms with Crippen molar-refractivity contribution in [3.63, 3.8) is 0 Å². The zero-order valence-corrected chi connectivity index (χ0v) is 19.9. The highest BCUT2D eigenvalue weighted by Gasteiger charge is 2.57. The van der Waals surface area contributed by atoms with Crippen molar-refractivity contribution in [1.29, 1.82) is 0 Å². The van der Waals surface area contributed by atoms with Crippen LogP contribution < -0.4 is 0 Å². The molecular formula is C26H26N2O5S. The van der Waals surface area contributed by atoms with Crippen molar-refractivity contribution in [2.24, 2.45) is 0 Å². The third-order valence-electron chi connectivity index (χ3n) is 5.64. The summed E-state index contributed by atoms with van der Waals surface area (Å²) in [5.41, 5.74) is 2.63. The van der Waals surface area contributed by atoms with Gasteiger partial charge in [0.25, 0.3) is 11.8 Å². The van der Waals surface area contributed by atoms with Crippen LogP contribution in [0.5, 0.6) is 0 Å². The molecule has 0 radical (unpaired) electrons. The summed E-state index contributed by atoms with van der Waals surface area (Å²) >= 11 is 1.49. The molecule has 0 aliphatic carbocycles. The number of carbonyl (C=O) groups excluding carboxylic acids is 3. The van der Waals surface area contributed by atoms with E-state index < -0.39 is 17.4 Å². The fourth-order valence-electron chi connectivity index (χ4n) is 4.03. The molecule has 7 nitrogen and oxygen atoms in total. The van der Waals surface area contributed by atoms with Gasteiger partial charge in [0, 0.05) is 5.75 Å². The van der Waals surface area contributed by atoms with Gasteiger partial charge in [-0.05, 0) is 23.6 Å². The van der Waals surface area contributed by atoms with Gasteiger partial charge in [-0.25, -0.2) is 9.86 Å². The molecule has 4 rings (SSSR count). The van der Waals surface area contributed by atoms with E-state index in [1.165, 1.54) is 23.8 Å². The number of allylic oxidation sites excluding steroid dienone is 2. The molecule has 2 aliphatic heterocycles. The first-order chi connectivity index (χ1) is 16.5. The zero-order chi connectivity index (χ0) is 24.1. The lowest BCUT2D eigenvalue weighted by atomic mass is 10.0. The third kappa shape index (κ3) is 4.78. The smallest absolute Gasteiger partial charge is 0.355 e. The van der Waals surface area contributed by atoms with Crippen molar-refractivity contribution in [3.05, 3.63) is 95.2 Å². The Morgan fingerprint density at radius 1 is 1.09 bits per heavy atom. The van der Waals surface area contributed by atoms with Crippen molar-refractivity contribution in [3.8, 4) is 0 Å². The first-order valence-electron chi connectivity index (χ1n) is 11.0. The van der Waals surface area contributed by atoms with E-state index in [4.69, 9.17) is 9.57 Å². The van der Waals surface area contributed by atoms with Gasteiger partial charge in [0.2, 0.25) is 0 Å². The number of amides is 2. The summed E-state index contributed by atoms with van der Waals surface area (Å²) in [5, 5.41) is 0.706. The number of ether oxygens (including phenoxy) is 1. The summed E-state index contributed by atoms with van der Waals surface area (Å²) in [6.45, 7) is 1.96. The van der Waals surface area contributed by atoms with Crippen molar-refractivity contribution >= 4 is 29.5 Å². The predicted molar refractivity (Wildman–Crippen MR) is 129 cm³/mol. The molecule has 2 amide bonds. The monoisotopic (exact) mass is 478 g/mol. The van der Waals surface area contributed by atoms with E-state index in [-0.39, 0.29) is 30.5 Å². The number of hydrogen-bond acceptors (Lipinski definition) is 6. The predicted octanol–water partition coefficient (Wildman–Crippen LogP) is 3.48. The van der Waals surface area contributed by atoms with E-state index in [9.17, 15) is 14.4 Å². The Bertz CT molecular complexity index is 1120. The lowest BCUT2D eigenvalue weighted by Crippen LogP contribution is -2.71. The van der Waals surface area contributed by atoms with Gasteiger partial charge in [-0.2, -0.15) is 0 Å². The fraction of sp³-hybridized carbons (Fsp3) is 0.269. The fourth-order valence-corrected chi connectivity index (χ4v) is 5.39. The molecule has 2 aromatic rings. The summed E-state index contributed by atoms with van der Waals surface area (Å²) < 4.78 is 5.55. The summed E-state index contributed by atoms with van der Waals surface area (Å²) in [6.07, 6.45) is 3.76. The van der Waals surface area contributed by atoms with Gasteiger partial charge in [-0.3, -0.25) is 19.3 Å². The molecule has 8 heteroatoms. The Morgan fingerprint density at radius 2 is 1.74 bits per heavy atom. The summed E-state index contributed by atoms with van der Waals surface area (Å²) in [5.74, 6) is -0.735. The maximum absolute atomic E-state index is 13.3. The number of thioether (sulfide) groups is 1. The quantitative estimate of drug-likeness (QED) is 0.329. The number of β-lactam (4-membered cyclic amide) rings is 1. The van der Waals surface area contributed by atoms with E-state index in [1.807, 2.05) is 79.7 Å². The number of fused-ring (bicyclic) bond motifs is 1. The molecule has 2 aromatic carbocycles. The molecule has 1 fully saturated rings. The van der Waals surface area contributed by atoms with Crippen LogP contribution in [0.15, 0.2) is 84.1 Å². The Labute approximate surface area is 203 Å². The molecule has 0 spiro atoms. The first-order valence-corrected chi connectivity index (χ1v) is 12.0. The number of nitrogens with zero attached hydrogens (tertiary/aromatic N) is 2. The van der Waals surface area contributed by atoms with Gasteiger partial charge in [-0.1, -0.05) is 72.8 Å². The molecule has 176 valence electrons. The lowest BCUT2D eigenvalue weighted by Gasteiger charge is -2.51. The molecule has 2 aliphatic rings. The van der Waals surface area contributed by atoms with Crippen molar-refractivity contribution in [1.82, 2.24) is 9.96 Å². The molecular weight excluding hydrogens is 452 g/mol. The van der Waals surface area contributed by atoms with Crippen molar-refractivity contribution < 1.29 is 24.0 Å². The molecule has 34 heavy (non-hydrogen) atoms. The Hall–Kier alpha value is -3.36. The first kappa shape index (κ1) is 23.8. The molecule has 0 aromatic heterocycles. The summed E-state index contributed by atoms with van der Waals surface area (Å²) in [6, 6.07) is 17.8. The standard InChI is InChI=1S/C26H26N2O5S/c1-3-10-20-17-34-25-23(28(32-2)21(29)15-18-11-6-4-7-12-18)24(30)27(25)22(20)26(31)33-16-19-13-8-5-9-14-19/h3-14,23,25H,15-17H2,1-2H3/t23?,25-/m0/s1. The second-order valence-corrected chi connectivity index (χ2v) is 8.96. The second kappa shape index (κ2) is 10.7. The maximum atomic E-state index is 13.3. The molecule has 1 saturated heterocycles. The van der Waals surface area contributed by atoms with Crippen LogP contribution in [0, 0.1) is 0 Å². The van der Waals surface area contributed by atoms with Gasteiger partial charge in [-0.15, -0.1) is 11.8 Å². The topological polar surface area (TPSA) is 76.2 Å². The number of esters is 1. The van der Waals surface area contributed by atoms with E-state index in [1.54, 1.807) is 0 Å². The number of rotatable bonds is 8. The van der Waals surface area contributed by atoms with Crippen LogP contribution in [0.2, 0.25) is 0 Å². The molecule has 0 N–H and O–H groups in total. The van der Waals surface area contributed by atoms with Crippen LogP contribution in [0.1, 0.15) is 18.1 Å².